The molecule has 3 aromatic heterocycles. The lowest BCUT2D eigenvalue weighted by atomic mass is 10.1. The van der Waals surface area contributed by atoms with Crippen molar-refractivity contribution in [1.82, 2.24) is 19.9 Å². The van der Waals surface area contributed by atoms with Gasteiger partial charge in [-0.2, -0.15) is 0 Å². The number of aromatic amines is 1. The van der Waals surface area contributed by atoms with E-state index in [1.54, 1.807) is 35.6 Å². The average molecular weight is 471 g/mol. The Kier molecular flexibility index (Phi) is 4.58. The first kappa shape index (κ1) is 18.9. The first-order valence-corrected chi connectivity index (χ1v) is 10.4. The molecule has 5 heterocycles. The van der Waals surface area contributed by atoms with Crippen molar-refractivity contribution in [2.45, 2.75) is 12.5 Å². The maximum absolute atomic E-state index is 12.7. The minimum atomic E-state index is -0.866. The van der Waals surface area contributed by atoms with Crippen LogP contribution in [0.5, 0.6) is 0 Å². The Bertz CT molecular complexity index is 1130. The Morgan fingerprint density at radius 2 is 2.17 bits per heavy atom. The van der Waals surface area contributed by atoms with Crippen molar-refractivity contribution in [1.29, 1.82) is 0 Å². The highest BCUT2D eigenvalue weighted by molar-refractivity contribution is 9.10. The maximum atomic E-state index is 12.7. The lowest BCUT2D eigenvalue weighted by Crippen LogP contribution is -2.38. The molecule has 2 atom stereocenters. The van der Waals surface area contributed by atoms with Crippen molar-refractivity contribution in [3.05, 3.63) is 47.0 Å². The average Bonchev–Trinajstić information content (AvgIpc) is 3.43. The number of halogens is 1. The second kappa shape index (κ2) is 7.28. The number of anilines is 2. The molecule has 2 amide bonds. The Morgan fingerprint density at radius 3 is 2.93 bits per heavy atom. The maximum Gasteiger partial charge on any atom is 0.407 e. The summed E-state index contributed by atoms with van der Waals surface area (Å²) >= 11 is 3.61. The van der Waals surface area contributed by atoms with Crippen LogP contribution in [0.2, 0.25) is 0 Å². The number of carbonyl (C=O) groups excluding carboxylic acids is 1. The zero-order valence-electron chi connectivity index (χ0n) is 15.9. The van der Waals surface area contributed by atoms with Crippen LogP contribution in [0.3, 0.4) is 0 Å². The van der Waals surface area contributed by atoms with Gasteiger partial charge in [0.1, 0.15) is 5.65 Å². The smallest absolute Gasteiger partial charge is 0.407 e. The Hall–Kier alpha value is -3.14. The lowest BCUT2D eigenvalue weighted by Gasteiger charge is -2.25. The number of H-pyrrole nitrogens is 1. The van der Waals surface area contributed by atoms with Gasteiger partial charge < -0.3 is 25.2 Å². The van der Waals surface area contributed by atoms with Gasteiger partial charge in [0.2, 0.25) is 0 Å². The van der Waals surface area contributed by atoms with E-state index in [2.05, 4.69) is 41.1 Å². The molecule has 30 heavy (non-hydrogen) atoms. The molecule has 2 aliphatic heterocycles. The van der Waals surface area contributed by atoms with Crippen molar-refractivity contribution >= 4 is 50.3 Å². The number of fused-ring (bicyclic) bond motifs is 2. The molecule has 3 N–H and O–H groups in total. The highest BCUT2D eigenvalue weighted by Crippen LogP contribution is 2.42. The normalized spacial score (nSPS) is 20.6. The van der Waals surface area contributed by atoms with E-state index in [-0.39, 0.29) is 11.9 Å². The number of rotatable bonds is 3. The monoisotopic (exact) mass is 470 g/mol. The standard InChI is InChI=1S/C20H19BrN6O3/c21-13-7-23-18-16(14(8-24-18)25-19(28)11-2-1-4-22-6-11)17(13)26-9-12-3-5-27(20(29)30)15(12)10-26/h1-2,4,6-8,12,15H,3,5,9-10H2,(H,23,24)(H,25,28)(H,29,30). The van der Waals surface area contributed by atoms with Crippen LogP contribution in [0.15, 0.2) is 41.4 Å². The number of hydrogen-bond donors (Lipinski definition) is 3. The summed E-state index contributed by atoms with van der Waals surface area (Å²) in [4.78, 5) is 39.5. The number of likely N-dealkylation sites (tertiary alicyclic amines) is 1. The summed E-state index contributed by atoms with van der Waals surface area (Å²) in [7, 11) is 0. The highest BCUT2D eigenvalue weighted by Gasteiger charge is 2.44. The molecule has 2 unspecified atom stereocenters. The number of aromatic nitrogens is 3. The van der Waals surface area contributed by atoms with E-state index in [0.29, 0.717) is 35.9 Å². The zero-order chi connectivity index (χ0) is 20.8. The van der Waals surface area contributed by atoms with Crippen molar-refractivity contribution in [3.63, 3.8) is 0 Å². The molecular weight excluding hydrogens is 452 g/mol. The van der Waals surface area contributed by atoms with E-state index in [4.69, 9.17) is 0 Å². The minimum absolute atomic E-state index is 0.0232. The van der Waals surface area contributed by atoms with Crippen LogP contribution in [0.25, 0.3) is 11.0 Å². The first-order valence-electron chi connectivity index (χ1n) is 9.64. The summed E-state index contributed by atoms with van der Waals surface area (Å²) in [6.07, 6.45) is 6.58. The Balaban J connectivity index is 1.50. The second-order valence-electron chi connectivity index (χ2n) is 7.57. The van der Waals surface area contributed by atoms with Crippen LogP contribution < -0.4 is 10.2 Å². The summed E-state index contributed by atoms with van der Waals surface area (Å²) in [5.74, 6) is 0.0360. The van der Waals surface area contributed by atoms with Gasteiger partial charge >= 0.3 is 6.09 Å². The van der Waals surface area contributed by atoms with Crippen LogP contribution in [-0.2, 0) is 0 Å². The molecule has 0 radical (unpaired) electrons. The fourth-order valence-corrected chi connectivity index (χ4v) is 5.09. The number of hydrogen-bond acceptors (Lipinski definition) is 5. The van der Waals surface area contributed by atoms with Crippen LogP contribution >= 0.6 is 15.9 Å². The highest BCUT2D eigenvalue weighted by atomic mass is 79.9. The van der Waals surface area contributed by atoms with Gasteiger partial charge in [0.05, 0.1) is 32.8 Å². The van der Waals surface area contributed by atoms with Gasteiger partial charge in [-0.25, -0.2) is 9.78 Å². The number of pyridine rings is 2. The van der Waals surface area contributed by atoms with Gasteiger partial charge in [-0.3, -0.25) is 9.78 Å². The fraction of sp³-hybridized carbons (Fsp3) is 0.300. The van der Waals surface area contributed by atoms with Crippen molar-refractivity contribution in [2.24, 2.45) is 5.92 Å². The van der Waals surface area contributed by atoms with Gasteiger partial charge in [0.15, 0.2) is 0 Å². The topological polar surface area (TPSA) is 114 Å². The fourth-order valence-electron chi connectivity index (χ4n) is 4.54. The van der Waals surface area contributed by atoms with Crippen LogP contribution in [0.4, 0.5) is 16.2 Å². The van der Waals surface area contributed by atoms with Gasteiger partial charge in [-0.1, -0.05) is 0 Å². The van der Waals surface area contributed by atoms with Crippen LogP contribution in [-0.4, -0.2) is 62.6 Å². The third-order valence-electron chi connectivity index (χ3n) is 5.91. The molecule has 5 rings (SSSR count). The number of amides is 2. The molecule has 0 spiro atoms. The predicted molar refractivity (Wildman–Crippen MR) is 115 cm³/mol. The molecule has 154 valence electrons. The third kappa shape index (κ3) is 3.07. The second-order valence-corrected chi connectivity index (χ2v) is 8.43. The molecule has 3 aromatic rings. The molecule has 0 saturated carbocycles. The van der Waals surface area contributed by atoms with E-state index < -0.39 is 6.09 Å². The lowest BCUT2D eigenvalue weighted by molar-refractivity contribution is 0.102. The molecule has 9 nitrogen and oxygen atoms in total. The van der Waals surface area contributed by atoms with Crippen LogP contribution in [0.1, 0.15) is 16.8 Å². The summed E-state index contributed by atoms with van der Waals surface area (Å²) in [6.45, 7) is 1.95. The van der Waals surface area contributed by atoms with E-state index in [1.165, 1.54) is 6.20 Å². The summed E-state index contributed by atoms with van der Waals surface area (Å²) in [6, 6.07) is 3.39. The van der Waals surface area contributed by atoms with Crippen molar-refractivity contribution in [3.8, 4) is 0 Å². The van der Waals surface area contributed by atoms with Crippen molar-refractivity contribution < 1.29 is 14.7 Å². The Labute approximate surface area is 180 Å². The van der Waals surface area contributed by atoms with E-state index in [1.807, 2.05) is 0 Å². The van der Waals surface area contributed by atoms with Gasteiger partial charge in [-0.15, -0.1) is 0 Å². The molecular formula is C20H19BrN6O3. The minimum Gasteiger partial charge on any atom is -0.465 e. The van der Waals surface area contributed by atoms with E-state index >= 15 is 0 Å². The quantitative estimate of drug-likeness (QED) is 0.541. The number of carbonyl (C=O) groups is 2. The molecule has 0 aliphatic carbocycles. The number of nitrogens with one attached hydrogen (secondary N) is 2. The first-order chi connectivity index (χ1) is 14.5. The molecule has 2 saturated heterocycles. The van der Waals surface area contributed by atoms with Gasteiger partial charge in [0, 0.05) is 50.3 Å². The van der Waals surface area contributed by atoms with Gasteiger partial charge in [0.25, 0.3) is 5.91 Å². The summed E-state index contributed by atoms with van der Waals surface area (Å²) in [5, 5.41) is 13.2. The molecule has 2 fully saturated rings. The zero-order valence-corrected chi connectivity index (χ0v) is 17.5. The molecule has 2 aliphatic rings. The third-order valence-corrected chi connectivity index (χ3v) is 6.49. The van der Waals surface area contributed by atoms with Crippen LogP contribution in [0, 0.1) is 5.92 Å². The largest absolute Gasteiger partial charge is 0.465 e. The summed E-state index contributed by atoms with van der Waals surface area (Å²) in [5.41, 5.74) is 2.64. The summed E-state index contributed by atoms with van der Waals surface area (Å²) < 4.78 is 0.799. The Morgan fingerprint density at radius 1 is 1.30 bits per heavy atom. The SMILES string of the molecule is O=C(Nc1c[nH]c2ncc(Br)c(N3CC4CCN(C(=O)O)C4C3)c12)c1cccnc1. The molecule has 0 bridgehead atoms. The predicted octanol–water partition coefficient (Wildman–Crippen LogP) is 3.16. The van der Waals surface area contributed by atoms with Gasteiger partial charge in [-0.05, 0) is 34.5 Å². The van der Waals surface area contributed by atoms with Crippen molar-refractivity contribution in [2.75, 3.05) is 29.9 Å². The van der Waals surface area contributed by atoms with E-state index in [9.17, 15) is 14.7 Å². The van der Waals surface area contributed by atoms with E-state index in [0.717, 1.165) is 28.5 Å². The molecule has 10 heteroatoms. The number of carboxylic acid groups (broad SMARTS) is 1. The molecule has 0 aromatic carbocycles. The number of nitrogens with zero attached hydrogens (tertiary/aromatic N) is 4.